The van der Waals surface area contributed by atoms with Crippen LogP contribution in [0.4, 0.5) is 0 Å². The van der Waals surface area contributed by atoms with Gasteiger partial charge >= 0.3 is 5.97 Å². The van der Waals surface area contributed by atoms with Crippen molar-refractivity contribution >= 4 is 34.6 Å². The molecule has 0 saturated heterocycles. The van der Waals surface area contributed by atoms with Crippen LogP contribution in [0, 0.1) is 0 Å². The lowest BCUT2D eigenvalue weighted by molar-refractivity contribution is -0.143. The van der Waals surface area contributed by atoms with Gasteiger partial charge in [0.05, 0.1) is 0 Å². The van der Waals surface area contributed by atoms with E-state index in [4.69, 9.17) is 9.15 Å². The molecule has 0 saturated carbocycles. The first-order valence-electron chi connectivity index (χ1n) is 9.06. The van der Waals surface area contributed by atoms with Crippen LogP contribution in [0.15, 0.2) is 58.2 Å². The van der Waals surface area contributed by atoms with Gasteiger partial charge in [-0.05, 0) is 30.0 Å². The Bertz CT molecular complexity index is 953. The van der Waals surface area contributed by atoms with Crippen LogP contribution >= 0.6 is 11.8 Å². The van der Waals surface area contributed by atoms with Crippen molar-refractivity contribution in [2.24, 2.45) is 0 Å². The molecule has 0 spiro atoms. The fraction of sp³-hybridized carbons (Fsp3) is 0.318. The van der Waals surface area contributed by atoms with E-state index in [9.17, 15) is 9.59 Å². The zero-order valence-electron chi connectivity index (χ0n) is 16.4. The van der Waals surface area contributed by atoms with E-state index in [0.717, 1.165) is 22.8 Å². The summed E-state index contributed by atoms with van der Waals surface area (Å²) < 4.78 is 10.8. The number of benzene rings is 2. The summed E-state index contributed by atoms with van der Waals surface area (Å²) in [6, 6.07) is 14.8. The highest BCUT2D eigenvalue weighted by Crippen LogP contribution is 2.24. The summed E-state index contributed by atoms with van der Waals surface area (Å²) in [7, 11) is 0. The highest BCUT2D eigenvalue weighted by molar-refractivity contribution is 7.99. The number of nitrogens with zero attached hydrogens (tertiary/aromatic N) is 1. The highest BCUT2D eigenvalue weighted by Gasteiger charge is 2.21. The molecule has 28 heavy (non-hydrogen) atoms. The van der Waals surface area contributed by atoms with Crippen molar-refractivity contribution in [3.8, 4) is 0 Å². The van der Waals surface area contributed by atoms with Crippen molar-refractivity contribution in [2.75, 3.05) is 5.75 Å². The summed E-state index contributed by atoms with van der Waals surface area (Å²) in [4.78, 5) is 28.9. The number of oxazole rings is 1. The number of thioether (sulfide) groups is 1. The second-order valence-corrected chi connectivity index (χ2v) is 8.49. The summed E-state index contributed by atoms with van der Waals surface area (Å²) in [6.07, 6.45) is -0.850. The fourth-order valence-electron chi connectivity index (χ4n) is 2.69. The molecule has 0 amide bonds. The number of ether oxygens (including phenoxy) is 1. The van der Waals surface area contributed by atoms with Gasteiger partial charge in [0.2, 0.25) is 5.78 Å². The summed E-state index contributed by atoms with van der Waals surface area (Å²) in [5.41, 5.74) is 3.09. The Hall–Kier alpha value is -2.60. The first-order chi connectivity index (χ1) is 13.2. The SMILES string of the molecule is CC(OC(=O)CSc1nc2ccccc2o1)C(=O)c1ccc(C(C)(C)C)cc1. The lowest BCUT2D eigenvalue weighted by atomic mass is 9.86. The molecular weight excluding hydrogens is 374 g/mol. The molecule has 1 unspecified atom stereocenters. The molecular formula is C22H23NO4S. The van der Waals surface area contributed by atoms with Gasteiger partial charge in [-0.1, -0.05) is 68.9 Å². The summed E-state index contributed by atoms with van der Waals surface area (Å²) in [6.45, 7) is 7.93. The van der Waals surface area contributed by atoms with E-state index >= 15 is 0 Å². The van der Waals surface area contributed by atoms with Gasteiger partial charge in [0.1, 0.15) is 11.3 Å². The van der Waals surface area contributed by atoms with Gasteiger partial charge in [-0.25, -0.2) is 4.98 Å². The van der Waals surface area contributed by atoms with Crippen LogP contribution in [0.5, 0.6) is 0 Å². The Morgan fingerprint density at radius 3 is 2.43 bits per heavy atom. The molecule has 3 aromatic rings. The molecule has 0 aliphatic rings. The molecule has 2 aromatic carbocycles. The minimum Gasteiger partial charge on any atom is -0.454 e. The van der Waals surface area contributed by atoms with Crippen LogP contribution in [-0.2, 0) is 14.9 Å². The number of ketones is 1. The summed E-state index contributed by atoms with van der Waals surface area (Å²) >= 11 is 1.14. The molecule has 1 atom stereocenters. The maximum atomic E-state index is 12.5. The molecule has 1 heterocycles. The number of hydrogen-bond donors (Lipinski definition) is 0. The van der Waals surface area contributed by atoms with E-state index in [-0.39, 0.29) is 17.0 Å². The van der Waals surface area contributed by atoms with Crippen molar-refractivity contribution in [2.45, 2.75) is 44.4 Å². The number of rotatable bonds is 6. The highest BCUT2D eigenvalue weighted by atomic mass is 32.2. The van der Waals surface area contributed by atoms with E-state index in [2.05, 4.69) is 25.8 Å². The van der Waals surface area contributed by atoms with Crippen LogP contribution in [0.2, 0.25) is 0 Å². The Morgan fingerprint density at radius 1 is 1.11 bits per heavy atom. The maximum Gasteiger partial charge on any atom is 0.317 e. The van der Waals surface area contributed by atoms with E-state index in [0.29, 0.717) is 16.4 Å². The van der Waals surface area contributed by atoms with Crippen LogP contribution < -0.4 is 0 Å². The van der Waals surface area contributed by atoms with Crippen molar-refractivity contribution in [1.82, 2.24) is 4.98 Å². The average Bonchev–Trinajstić information content (AvgIpc) is 3.08. The normalized spacial score (nSPS) is 12.7. The standard InChI is InChI=1S/C22H23NO4S/c1-14(20(25)15-9-11-16(12-10-15)22(2,3)4)26-19(24)13-28-21-23-17-7-5-6-8-18(17)27-21/h5-12,14H,13H2,1-4H3. The second-order valence-electron chi connectivity index (χ2n) is 7.56. The van der Waals surface area contributed by atoms with Crippen molar-refractivity contribution in [1.29, 1.82) is 0 Å². The van der Waals surface area contributed by atoms with E-state index < -0.39 is 12.1 Å². The monoisotopic (exact) mass is 397 g/mol. The molecule has 0 aliphatic carbocycles. The Balaban J connectivity index is 1.55. The van der Waals surface area contributed by atoms with E-state index in [1.807, 2.05) is 36.4 Å². The largest absolute Gasteiger partial charge is 0.454 e. The van der Waals surface area contributed by atoms with Gasteiger partial charge in [0.15, 0.2) is 11.7 Å². The quantitative estimate of drug-likeness (QED) is 0.330. The minimum absolute atomic E-state index is 0.0154. The zero-order valence-corrected chi connectivity index (χ0v) is 17.2. The molecule has 0 radical (unpaired) electrons. The molecule has 6 heteroatoms. The molecule has 5 nitrogen and oxygen atoms in total. The van der Waals surface area contributed by atoms with Crippen molar-refractivity contribution < 1.29 is 18.7 Å². The minimum atomic E-state index is -0.850. The van der Waals surface area contributed by atoms with E-state index in [1.165, 1.54) is 0 Å². The number of fused-ring (bicyclic) bond motifs is 1. The summed E-state index contributed by atoms with van der Waals surface area (Å²) in [5, 5.41) is 0.398. The van der Waals surface area contributed by atoms with Gasteiger partial charge in [-0.3, -0.25) is 9.59 Å². The summed E-state index contributed by atoms with van der Waals surface area (Å²) in [5.74, 6) is -0.687. The fourth-order valence-corrected chi connectivity index (χ4v) is 3.31. The number of carbonyl (C=O) groups excluding carboxylic acids is 2. The van der Waals surface area contributed by atoms with E-state index in [1.54, 1.807) is 19.1 Å². The first-order valence-corrected chi connectivity index (χ1v) is 10.1. The molecule has 0 N–H and O–H groups in total. The Morgan fingerprint density at radius 2 is 1.79 bits per heavy atom. The number of Topliss-reactive ketones (excluding diaryl/α,β-unsaturated/α-hetero) is 1. The van der Waals surface area contributed by atoms with Crippen molar-refractivity contribution in [3.05, 3.63) is 59.7 Å². The lowest BCUT2D eigenvalue weighted by Crippen LogP contribution is -2.25. The van der Waals surface area contributed by atoms with Gasteiger partial charge in [-0.2, -0.15) is 0 Å². The average molecular weight is 397 g/mol. The number of aromatic nitrogens is 1. The topological polar surface area (TPSA) is 69.4 Å². The first kappa shape index (κ1) is 20.1. The molecule has 3 rings (SSSR count). The predicted octanol–water partition coefficient (Wildman–Crippen LogP) is 5.03. The predicted molar refractivity (Wildman–Crippen MR) is 110 cm³/mol. The van der Waals surface area contributed by atoms with Crippen LogP contribution in [0.1, 0.15) is 43.6 Å². The second kappa shape index (κ2) is 8.19. The van der Waals surface area contributed by atoms with Gasteiger partial charge < -0.3 is 9.15 Å². The zero-order chi connectivity index (χ0) is 20.3. The molecule has 1 aromatic heterocycles. The number of hydrogen-bond acceptors (Lipinski definition) is 6. The molecule has 0 fully saturated rings. The smallest absolute Gasteiger partial charge is 0.317 e. The van der Waals surface area contributed by atoms with Gasteiger partial charge in [-0.15, -0.1) is 0 Å². The Labute approximate surface area is 168 Å². The third-order valence-electron chi connectivity index (χ3n) is 4.30. The molecule has 146 valence electrons. The lowest BCUT2D eigenvalue weighted by Gasteiger charge is -2.19. The molecule has 0 bridgehead atoms. The molecule has 0 aliphatic heterocycles. The number of para-hydroxylation sites is 2. The van der Waals surface area contributed by atoms with Crippen LogP contribution in [-0.4, -0.2) is 28.6 Å². The van der Waals surface area contributed by atoms with Crippen molar-refractivity contribution in [3.63, 3.8) is 0 Å². The van der Waals surface area contributed by atoms with Crippen LogP contribution in [0.3, 0.4) is 0 Å². The third kappa shape index (κ3) is 4.81. The van der Waals surface area contributed by atoms with Gasteiger partial charge in [0, 0.05) is 5.56 Å². The third-order valence-corrected chi connectivity index (χ3v) is 5.10. The number of esters is 1. The Kier molecular flexibility index (Phi) is 5.89. The van der Waals surface area contributed by atoms with Gasteiger partial charge in [0.25, 0.3) is 5.22 Å². The van der Waals surface area contributed by atoms with Crippen LogP contribution in [0.25, 0.3) is 11.1 Å². The maximum absolute atomic E-state index is 12.5. The number of carbonyl (C=O) groups is 2.